The maximum absolute atomic E-state index is 11.7. The number of guanidine groups is 1. The van der Waals surface area contributed by atoms with Crippen molar-refractivity contribution in [2.75, 3.05) is 26.7 Å². The summed E-state index contributed by atoms with van der Waals surface area (Å²) in [4.78, 5) is 23.4. The highest BCUT2D eigenvalue weighted by Gasteiger charge is 2.26. The molecular weight excluding hydrogens is 487 g/mol. The van der Waals surface area contributed by atoms with Crippen molar-refractivity contribution in [1.29, 1.82) is 0 Å². The van der Waals surface area contributed by atoms with E-state index in [-0.39, 0.29) is 35.9 Å². The number of benzene rings is 1. The van der Waals surface area contributed by atoms with E-state index < -0.39 is 0 Å². The van der Waals surface area contributed by atoms with Gasteiger partial charge in [-0.15, -0.1) is 35.3 Å². The van der Waals surface area contributed by atoms with E-state index in [9.17, 15) is 4.79 Å². The van der Waals surface area contributed by atoms with Gasteiger partial charge >= 0.3 is 5.97 Å². The number of piperidine rings is 1. The average molecular weight is 514 g/mol. The number of rotatable bonds is 5. The van der Waals surface area contributed by atoms with Crippen LogP contribution in [0.1, 0.15) is 24.8 Å². The molecule has 2 aromatic rings. The molecule has 152 valence electrons. The summed E-state index contributed by atoms with van der Waals surface area (Å²) in [5.41, 5.74) is 2.12. The Morgan fingerprint density at radius 3 is 2.68 bits per heavy atom. The molecular formula is C20H27IN4O2S. The standard InChI is InChI=1S/C20H26N4O2S.HI/c1-3-21-20(24-11-9-16(10-12-24)19(25)26-2)22-13-18-23-17(14-27-18)15-7-5-4-6-8-15;/h4-8,14,16H,3,9-13H2,1-2H3,(H,21,22);1H. The van der Waals surface area contributed by atoms with Crippen LogP contribution in [0, 0.1) is 5.92 Å². The van der Waals surface area contributed by atoms with E-state index in [1.807, 2.05) is 18.2 Å². The molecule has 1 saturated heterocycles. The van der Waals surface area contributed by atoms with E-state index in [0.717, 1.165) is 54.7 Å². The number of carbonyl (C=O) groups excluding carboxylic acids is 1. The van der Waals surface area contributed by atoms with Gasteiger partial charge in [-0.05, 0) is 19.8 Å². The molecule has 0 spiro atoms. The number of hydrogen-bond donors (Lipinski definition) is 1. The number of nitrogens with zero attached hydrogens (tertiary/aromatic N) is 3. The Bertz CT molecular complexity index is 774. The van der Waals surface area contributed by atoms with Gasteiger partial charge in [-0.2, -0.15) is 0 Å². The monoisotopic (exact) mass is 514 g/mol. The molecule has 1 fully saturated rings. The Hall–Kier alpha value is -1.68. The van der Waals surface area contributed by atoms with Crippen LogP contribution < -0.4 is 5.32 Å². The van der Waals surface area contributed by atoms with Gasteiger partial charge in [0.05, 0.1) is 25.3 Å². The number of carbonyl (C=O) groups is 1. The molecule has 0 aliphatic carbocycles. The first-order valence-electron chi connectivity index (χ1n) is 9.32. The summed E-state index contributed by atoms with van der Waals surface area (Å²) in [6.07, 6.45) is 1.60. The maximum Gasteiger partial charge on any atom is 0.308 e. The van der Waals surface area contributed by atoms with Crippen molar-refractivity contribution in [3.8, 4) is 11.3 Å². The molecule has 1 aromatic heterocycles. The Labute approximate surface area is 187 Å². The number of likely N-dealkylation sites (tertiary alicyclic amines) is 1. The Morgan fingerprint density at radius 1 is 1.32 bits per heavy atom. The molecule has 3 rings (SSSR count). The molecule has 0 bridgehead atoms. The minimum absolute atomic E-state index is 0. The number of aliphatic imine (C=N–C) groups is 1. The molecule has 28 heavy (non-hydrogen) atoms. The normalized spacial score (nSPS) is 15.1. The lowest BCUT2D eigenvalue weighted by Crippen LogP contribution is -2.46. The van der Waals surface area contributed by atoms with Gasteiger partial charge < -0.3 is 15.0 Å². The first kappa shape index (κ1) is 22.6. The van der Waals surface area contributed by atoms with Crippen LogP contribution in [-0.2, 0) is 16.1 Å². The van der Waals surface area contributed by atoms with Crippen LogP contribution in [0.15, 0.2) is 40.7 Å². The van der Waals surface area contributed by atoms with Crippen molar-refractivity contribution in [1.82, 2.24) is 15.2 Å². The molecule has 0 saturated carbocycles. The molecule has 1 aliphatic rings. The Balaban J connectivity index is 0.00000280. The smallest absolute Gasteiger partial charge is 0.308 e. The van der Waals surface area contributed by atoms with Crippen LogP contribution in [0.3, 0.4) is 0 Å². The van der Waals surface area contributed by atoms with Crippen LogP contribution in [0.4, 0.5) is 0 Å². The zero-order chi connectivity index (χ0) is 19.1. The summed E-state index contributed by atoms with van der Waals surface area (Å²) in [5.74, 6) is 0.784. The lowest BCUT2D eigenvalue weighted by molar-refractivity contribution is -0.146. The van der Waals surface area contributed by atoms with Crippen LogP contribution in [-0.4, -0.2) is 48.6 Å². The van der Waals surface area contributed by atoms with Crippen LogP contribution in [0.2, 0.25) is 0 Å². The second-order valence-corrected chi connectivity index (χ2v) is 7.39. The van der Waals surface area contributed by atoms with Gasteiger partial charge in [0, 0.05) is 30.6 Å². The first-order chi connectivity index (χ1) is 13.2. The predicted octanol–water partition coefficient (Wildman–Crippen LogP) is 3.78. The van der Waals surface area contributed by atoms with E-state index >= 15 is 0 Å². The summed E-state index contributed by atoms with van der Waals surface area (Å²) in [6, 6.07) is 10.2. The Morgan fingerprint density at radius 2 is 2.04 bits per heavy atom. The van der Waals surface area contributed by atoms with Crippen molar-refractivity contribution in [3.63, 3.8) is 0 Å². The quantitative estimate of drug-likeness (QED) is 0.285. The number of aromatic nitrogens is 1. The van der Waals surface area contributed by atoms with E-state index in [1.54, 1.807) is 11.3 Å². The number of nitrogens with one attached hydrogen (secondary N) is 1. The van der Waals surface area contributed by atoms with Crippen molar-refractivity contribution >= 4 is 47.2 Å². The van der Waals surface area contributed by atoms with Crippen LogP contribution in [0.25, 0.3) is 11.3 Å². The largest absolute Gasteiger partial charge is 0.469 e. The number of ether oxygens (including phenoxy) is 1. The number of esters is 1. The van der Waals surface area contributed by atoms with E-state index in [1.165, 1.54) is 7.11 Å². The first-order valence-corrected chi connectivity index (χ1v) is 10.2. The topological polar surface area (TPSA) is 66.8 Å². The third kappa shape index (κ3) is 5.91. The van der Waals surface area contributed by atoms with Crippen molar-refractivity contribution in [3.05, 3.63) is 40.7 Å². The molecule has 1 N–H and O–H groups in total. The minimum atomic E-state index is -0.104. The SMILES string of the molecule is CCNC(=NCc1nc(-c2ccccc2)cs1)N1CCC(C(=O)OC)CC1.I. The van der Waals surface area contributed by atoms with E-state index in [2.05, 4.69) is 34.7 Å². The third-order valence-corrected chi connectivity index (χ3v) is 5.48. The molecule has 1 aromatic carbocycles. The molecule has 0 amide bonds. The maximum atomic E-state index is 11.7. The average Bonchev–Trinajstić information content (AvgIpc) is 3.20. The second kappa shape index (κ2) is 11.4. The molecule has 1 aliphatic heterocycles. The van der Waals surface area contributed by atoms with Crippen molar-refractivity contribution in [2.24, 2.45) is 10.9 Å². The van der Waals surface area contributed by atoms with Crippen LogP contribution in [0.5, 0.6) is 0 Å². The van der Waals surface area contributed by atoms with Crippen molar-refractivity contribution < 1.29 is 9.53 Å². The summed E-state index contributed by atoms with van der Waals surface area (Å²) >= 11 is 1.63. The molecule has 2 heterocycles. The summed E-state index contributed by atoms with van der Waals surface area (Å²) in [6.45, 7) is 5.03. The molecule has 0 atom stereocenters. The van der Waals surface area contributed by atoms with Gasteiger partial charge in [0.15, 0.2) is 5.96 Å². The second-order valence-electron chi connectivity index (χ2n) is 6.45. The van der Waals surface area contributed by atoms with Gasteiger partial charge in [0.1, 0.15) is 5.01 Å². The summed E-state index contributed by atoms with van der Waals surface area (Å²) < 4.78 is 4.87. The van der Waals surface area contributed by atoms with Crippen molar-refractivity contribution in [2.45, 2.75) is 26.3 Å². The fourth-order valence-corrected chi connectivity index (χ4v) is 3.91. The van der Waals surface area contributed by atoms with Gasteiger partial charge in [-0.1, -0.05) is 30.3 Å². The lowest BCUT2D eigenvalue weighted by atomic mass is 9.97. The number of halogens is 1. The lowest BCUT2D eigenvalue weighted by Gasteiger charge is -2.33. The molecule has 6 nitrogen and oxygen atoms in total. The van der Waals surface area contributed by atoms with Gasteiger partial charge in [-0.3, -0.25) is 4.79 Å². The highest BCUT2D eigenvalue weighted by molar-refractivity contribution is 14.0. The molecule has 0 unspecified atom stereocenters. The van der Waals surface area contributed by atoms with Crippen LogP contribution >= 0.6 is 35.3 Å². The number of thiazole rings is 1. The highest BCUT2D eigenvalue weighted by Crippen LogP contribution is 2.22. The minimum Gasteiger partial charge on any atom is -0.469 e. The number of methoxy groups -OCH3 is 1. The van der Waals surface area contributed by atoms with Gasteiger partial charge in [-0.25, -0.2) is 9.98 Å². The van der Waals surface area contributed by atoms with Gasteiger partial charge in [0.25, 0.3) is 0 Å². The third-order valence-electron chi connectivity index (χ3n) is 4.65. The Kier molecular flexibility index (Phi) is 9.17. The zero-order valence-corrected chi connectivity index (χ0v) is 19.4. The fourth-order valence-electron chi connectivity index (χ4n) is 3.19. The number of hydrogen-bond acceptors (Lipinski definition) is 5. The molecule has 0 radical (unpaired) electrons. The van der Waals surface area contributed by atoms with E-state index in [0.29, 0.717) is 6.54 Å². The van der Waals surface area contributed by atoms with Gasteiger partial charge in [0.2, 0.25) is 0 Å². The summed E-state index contributed by atoms with van der Waals surface area (Å²) in [7, 11) is 1.46. The highest BCUT2D eigenvalue weighted by atomic mass is 127. The van der Waals surface area contributed by atoms with E-state index in [4.69, 9.17) is 14.7 Å². The summed E-state index contributed by atoms with van der Waals surface area (Å²) in [5, 5.41) is 6.43. The zero-order valence-electron chi connectivity index (χ0n) is 16.3. The fraction of sp³-hybridized carbons (Fsp3) is 0.450. The molecule has 8 heteroatoms. The predicted molar refractivity (Wildman–Crippen MR) is 124 cm³/mol.